The molecule has 0 radical (unpaired) electrons. The molecule has 0 aromatic heterocycles. The van der Waals surface area contributed by atoms with E-state index in [2.05, 4.69) is 0 Å². The molecule has 0 N–H and O–H groups in total. The van der Waals surface area contributed by atoms with Crippen LogP contribution < -0.4 is 19.9 Å². The fourth-order valence-electron chi connectivity index (χ4n) is 1.80. The van der Waals surface area contributed by atoms with Crippen molar-refractivity contribution in [2.24, 2.45) is 0 Å². The summed E-state index contributed by atoms with van der Waals surface area (Å²) >= 11 is 0. The van der Waals surface area contributed by atoms with Crippen molar-refractivity contribution in [2.75, 3.05) is 0 Å². The number of amides is 1. The van der Waals surface area contributed by atoms with E-state index in [1.165, 1.54) is 6.26 Å². The molecule has 0 saturated carbocycles. The zero-order valence-electron chi connectivity index (χ0n) is 7.43. The lowest BCUT2D eigenvalue weighted by molar-refractivity contribution is -0.121. The molecular weight excluding hydrogens is 178 g/mol. The molecule has 0 bridgehead atoms. The number of rotatable bonds is 0. The first kappa shape index (κ1) is 7.50. The highest BCUT2D eigenvalue weighted by Gasteiger charge is 2.24. The van der Waals surface area contributed by atoms with Gasteiger partial charge < -0.3 is 4.74 Å². The number of hydrogen-bond donors (Lipinski definition) is 0. The smallest absolute Gasteiger partial charge is 0.396 e. The van der Waals surface area contributed by atoms with E-state index in [-0.39, 0.29) is 5.91 Å². The van der Waals surface area contributed by atoms with E-state index >= 15 is 0 Å². The Hall–Kier alpha value is -1.90. The molecule has 1 aromatic carbocycles. The summed E-state index contributed by atoms with van der Waals surface area (Å²) < 4.78 is 6.97. The van der Waals surface area contributed by atoms with Crippen LogP contribution in [0.2, 0.25) is 0 Å². The largest absolute Gasteiger partial charge is 0.452 e. The molecule has 0 unspecified atom stereocenters. The average molecular weight is 186 g/mol. The first-order valence-electron chi connectivity index (χ1n) is 4.48. The fraction of sp³-hybridized carbons (Fsp3) is 0.0909. The zero-order chi connectivity index (χ0) is 9.54. The van der Waals surface area contributed by atoms with E-state index in [1.54, 1.807) is 10.8 Å². The third-order valence-electron chi connectivity index (χ3n) is 2.44. The lowest BCUT2D eigenvalue weighted by Crippen LogP contribution is -2.45. The molecule has 2 aliphatic heterocycles. The molecule has 2 heterocycles. The number of nitrogens with zero attached hydrogens (tertiary/aromatic N) is 1. The SMILES string of the molecule is O=C1CC=c2cccc3c2=[N+]1C=CO3. The van der Waals surface area contributed by atoms with Crippen LogP contribution in [0.25, 0.3) is 6.08 Å². The molecular formula is C11H8NO2+. The van der Waals surface area contributed by atoms with E-state index < -0.39 is 0 Å². The van der Waals surface area contributed by atoms with Crippen LogP contribution in [0.15, 0.2) is 30.7 Å². The van der Waals surface area contributed by atoms with Crippen molar-refractivity contribution in [1.29, 1.82) is 0 Å². The van der Waals surface area contributed by atoms with Gasteiger partial charge in [-0.25, -0.2) is 4.79 Å². The molecule has 3 nitrogen and oxygen atoms in total. The minimum Gasteiger partial charge on any atom is -0.452 e. The predicted octanol–water partition coefficient (Wildman–Crippen LogP) is -0.248. The van der Waals surface area contributed by atoms with Gasteiger partial charge in [0, 0.05) is 5.22 Å². The van der Waals surface area contributed by atoms with E-state index in [1.807, 2.05) is 24.3 Å². The van der Waals surface area contributed by atoms with Crippen LogP contribution in [-0.2, 0) is 4.79 Å². The predicted molar refractivity (Wildman–Crippen MR) is 50.8 cm³/mol. The highest BCUT2D eigenvalue weighted by molar-refractivity contribution is 5.84. The van der Waals surface area contributed by atoms with Gasteiger partial charge in [0.05, 0.1) is 6.42 Å². The van der Waals surface area contributed by atoms with Crippen LogP contribution >= 0.6 is 0 Å². The van der Waals surface area contributed by atoms with Crippen molar-refractivity contribution in [3.05, 3.63) is 41.2 Å². The monoisotopic (exact) mass is 186 g/mol. The van der Waals surface area contributed by atoms with Gasteiger partial charge in [0.2, 0.25) is 6.20 Å². The summed E-state index contributed by atoms with van der Waals surface area (Å²) in [5.74, 6) is 0.832. The number of ether oxygens (including phenoxy) is 1. The lowest BCUT2D eigenvalue weighted by atomic mass is 10.1. The normalized spacial score (nSPS) is 17.1. The molecule has 0 fully saturated rings. The Bertz CT molecular complexity index is 569. The summed E-state index contributed by atoms with van der Waals surface area (Å²) in [6.07, 6.45) is 5.59. The summed E-state index contributed by atoms with van der Waals surface area (Å²) in [5, 5.41) is 1.93. The molecule has 3 rings (SSSR count). The molecule has 0 atom stereocenters. The second-order valence-corrected chi connectivity index (χ2v) is 3.27. The zero-order valence-corrected chi connectivity index (χ0v) is 7.43. The van der Waals surface area contributed by atoms with Crippen LogP contribution in [0.4, 0.5) is 0 Å². The number of carbonyl (C=O) groups excluding carboxylic acids is 1. The van der Waals surface area contributed by atoms with E-state index in [4.69, 9.17) is 4.74 Å². The maximum Gasteiger partial charge on any atom is 0.396 e. The molecule has 68 valence electrons. The molecule has 0 spiro atoms. The van der Waals surface area contributed by atoms with Crippen molar-refractivity contribution in [3.8, 4) is 5.75 Å². The number of benzene rings is 1. The molecule has 14 heavy (non-hydrogen) atoms. The van der Waals surface area contributed by atoms with Crippen molar-refractivity contribution in [1.82, 2.24) is 4.58 Å². The fourth-order valence-corrected chi connectivity index (χ4v) is 1.80. The van der Waals surface area contributed by atoms with E-state index in [0.717, 1.165) is 16.3 Å². The van der Waals surface area contributed by atoms with E-state index in [0.29, 0.717) is 6.42 Å². The summed E-state index contributed by atoms with van der Waals surface area (Å²) in [4.78, 5) is 11.6. The lowest BCUT2D eigenvalue weighted by Gasteiger charge is -2.07. The van der Waals surface area contributed by atoms with Crippen LogP contribution in [0.1, 0.15) is 6.42 Å². The summed E-state index contributed by atoms with van der Waals surface area (Å²) in [5.41, 5.74) is 0. The van der Waals surface area contributed by atoms with Gasteiger partial charge in [0.25, 0.3) is 5.36 Å². The summed E-state index contributed by atoms with van der Waals surface area (Å²) in [6.45, 7) is 0. The van der Waals surface area contributed by atoms with Crippen molar-refractivity contribution in [3.63, 3.8) is 0 Å². The molecule has 1 aromatic rings. The molecule has 3 heteroatoms. The first-order valence-corrected chi connectivity index (χ1v) is 4.48. The first-order chi connectivity index (χ1) is 6.86. The summed E-state index contributed by atoms with van der Waals surface area (Å²) in [6, 6.07) is 5.78. The Balaban J connectivity index is 2.58. The Labute approximate surface area is 80.2 Å². The average Bonchev–Trinajstić information content (AvgIpc) is 2.24. The third kappa shape index (κ3) is 0.865. The number of carbonyl (C=O) groups is 1. The number of hydrogen-bond acceptors (Lipinski definition) is 2. The standard InChI is InChI=1S/C11H8NO2/c13-10-5-4-8-2-1-3-9-11(8)12(10)6-7-14-9/h1-4,6-7H,5H2/q+1. The maximum absolute atomic E-state index is 11.6. The Morgan fingerprint density at radius 3 is 3.21 bits per heavy atom. The Morgan fingerprint density at radius 1 is 1.36 bits per heavy atom. The maximum atomic E-state index is 11.6. The van der Waals surface area contributed by atoms with Gasteiger partial charge in [-0.15, -0.1) is 4.58 Å². The van der Waals surface area contributed by atoms with Crippen LogP contribution in [-0.4, -0.2) is 5.91 Å². The van der Waals surface area contributed by atoms with Crippen LogP contribution in [0, 0.1) is 0 Å². The molecule has 0 saturated heterocycles. The molecule has 2 aliphatic rings. The van der Waals surface area contributed by atoms with Gasteiger partial charge in [-0.05, 0) is 12.1 Å². The Kier molecular flexibility index (Phi) is 1.36. The second-order valence-electron chi connectivity index (χ2n) is 3.27. The quantitative estimate of drug-likeness (QED) is 0.523. The minimum absolute atomic E-state index is 0.0875. The van der Waals surface area contributed by atoms with Gasteiger partial charge in [-0.3, -0.25) is 0 Å². The van der Waals surface area contributed by atoms with Gasteiger partial charge in [-0.1, -0.05) is 12.1 Å². The van der Waals surface area contributed by atoms with E-state index in [9.17, 15) is 4.79 Å². The van der Waals surface area contributed by atoms with Gasteiger partial charge in [-0.2, -0.15) is 0 Å². The van der Waals surface area contributed by atoms with Crippen molar-refractivity contribution in [2.45, 2.75) is 6.42 Å². The highest BCUT2D eigenvalue weighted by Crippen LogP contribution is 2.05. The van der Waals surface area contributed by atoms with Crippen LogP contribution in [0.3, 0.4) is 0 Å². The molecule has 0 aliphatic carbocycles. The minimum atomic E-state index is 0.0875. The van der Waals surface area contributed by atoms with Crippen molar-refractivity contribution >= 4 is 12.0 Å². The number of para-hydroxylation sites is 1. The highest BCUT2D eigenvalue weighted by atomic mass is 16.5. The third-order valence-corrected chi connectivity index (χ3v) is 2.44. The molecule has 1 amide bonds. The van der Waals surface area contributed by atoms with Gasteiger partial charge in [0.15, 0.2) is 12.0 Å². The van der Waals surface area contributed by atoms with Gasteiger partial charge >= 0.3 is 5.91 Å². The van der Waals surface area contributed by atoms with Crippen molar-refractivity contribution < 1.29 is 9.53 Å². The Morgan fingerprint density at radius 2 is 2.29 bits per heavy atom. The topological polar surface area (TPSA) is 29.3 Å². The van der Waals surface area contributed by atoms with Crippen LogP contribution in [0.5, 0.6) is 5.75 Å². The summed E-state index contributed by atoms with van der Waals surface area (Å²) in [7, 11) is 0. The second kappa shape index (κ2) is 2.54. The van der Waals surface area contributed by atoms with Gasteiger partial charge in [0.1, 0.15) is 0 Å².